The molecule has 1 N–H and O–H groups in total. The van der Waals surface area contributed by atoms with Crippen molar-refractivity contribution in [3.05, 3.63) is 48.4 Å². The van der Waals surface area contributed by atoms with Crippen molar-refractivity contribution in [2.75, 3.05) is 6.54 Å². The first-order valence-electron chi connectivity index (χ1n) is 8.50. The van der Waals surface area contributed by atoms with E-state index < -0.39 is 0 Å². The molecule has 0 spiro atoms. The van der Waals surface area contributed by atoms with Crippen molar-refractivity contribution >= 4 is 16.8 Å². The van der Waals surface area contributed by atoms with E-state index in [-0.39, 0.29) is 11.8 Å². The first-order chi connectivity index (χ1) is 11.8. The molecule has 0 aliphatic carbocycles. The molecule has 0 bridgehead atoms. The smallest absolute Gasteiger partial charge is 0.223 e. The molecule has 6 nitrogen and oxygen atoms in total. The summed E-state index contributed by atoms with van der Waals surface area (Å²) in [6, 6.07) is 10.2. The molecule has 1 aliphatic heterocycles. The molecule has 4 rings (SSSR count). The number of fused-ring (bicyclic) bond motifs is 2. The van der Waals surface area contributed by atoms with E-state index in [1.165, 1.54) is 0 Å². The van der Waals surface area contributed by atoms with Crippen LogP contribution in [0, 0.1) is 5.92 Å². The number of aromatic nitrogens is 4. The summed E-state index contributed by atoms with van der Waals surface area (Å²) in [6.07, 6.45) is 6.23. The molecule has 3 aromatic rings. The minimum absolute atomic E-state index is 0.0692. The zero-order chi connectivity index (χ0) is 16.4. The van der Waals surface area contributed by atoms with Gasteiger partial charge in [0.25, 0.3) is 0 Å². The molecule has 124 valence electrons. The first kappa shape index (κ1) is 14.9. The molecule has 1 aliphatic rings. The number of nitrogens with one attached hydrogen (secondary N) is 1. The summed E-state index contributed by atoms with van der Waals surface area (Å²) < 4.78 is 3.99. The number of aryl methyl sites for hydroxylation is 2. The summed E-state index contributed by atoms with van der Waals surface area (Å²) in [4.78, 5) is 12.3. The highest BCUT2D eigenvalue weighted by molar-refractivity contribution is 5.79. The maximum absolute atomic E-state index is 12.3. The Labute approximate surface area is 140 Å². The Morgan fingerprint density at radius 1 is 1.25 bits per heavy atom. The molecule has 1 amide bonds. The van der Waals surface area contributed by atoms with Crippen molar-refractivity contribution in [1.29, 1.82) is 0 Å². The molecule has 0 fully saturated rings. The van der Waals surface area contributed by atoms with E-state index in [1.54, 1.807) is 0 Å². The van der Waals surface area contributed by atoms with Crippen LogP contribution in [0.5, 0.6) is 0 Å². The van der Waals surface area contributed by atoms with Gasteiger partial charge in [-0.15, -0.1) is 0 Å². The number of nitrogens with zero attached hydrogens (tertiary/aromatic N) is 4. The molecule has 3 heterocycles. The second kappa shape index (κ2) is 6.47. The lowest BCUT2D eigenvalue weighted by atomic mass is 9.95. The minimum Gasteiger partial charge on any atom is -0.356 e. The second-order valence-electron chi connectivity index (χ2n) is 6.31. The number of amides is 1. The minimum atomic E-state index is 0.0692. The zero-order valence-electron chi connectivity index (χ0n) is 13.6. The third-order valence-corrected chi connectivity index (χ3v) is 4.72. The predicted octanol–water partition coefficient (Wildman–Crippen LogP) is 2.00. The van der Waals surface area contributed by atoms with Gasteiger partial charge in [-0.05, 0) is 25.0 Å². The van der Waals surface area contributed by atoms with E-state index in [0.717, 1.165) is 48.9 Å². The van der Waals surface area contributed by atoms with Crippen LogP contribution in [0.2, 0.25) is 0 Å². The quantitative estimate of drug-likeness (QED) is 0.731. The van der Waals surface area contributed by atoms with Crippen LogP contribution in [-0.4, -0.2) is 32.0 Å². The Hall–Kier alpha value is -2.63. The van der Waals surface area contributed by atoms with Gasteiger partial charge in [-0.3, -0.25) is 14.2 Å². The van der Waals surface area contributed by atoms with Crippen LogP contribution >= 0.6 is 0 Å². The van der Waals surface area contributed by atoms with E-state index in [1.807, 2.05) is 40.0 Å². The molecule has 0 radical (unpaired) electrons. The lowest BCUT2D eigenvalue weighted by molar-refractivity contribution is -0.125. The van der Waals surface area contributed by atoms with E-state index in [4.69, 9.17) is 0 Å². The van der Waals surface area contributed by atoms with E-state index >= 15 is 0 Å². The molecule has 24 heavy (non-hydrogen) atoms. The third kappa shape index (κ3) is 2.91. The number of carbonyl (C=O) groups is 1. The number of hydrogen-bond donors (Lipinski definition) is 1. The standard InChI is InChI=1S/C18H21N5O/c24-18(14-7-11-22-16(12-14)6-9-20-22)19-8-3-10-23-17-5-2-1-4-15(17)13-21-23/h1-2,4-6,9,13-14H,3,7-8,10-12H2,(H,19,24). The largest absolute Gasteiger partial charge is 0.356 e. The van der Waals surface area contributed by atoms with Gasteiger partial charge < -0.3 is 5.32 Å². The predicted molar refractivity (Wildman–Crippen MR) is 91.4 cm³/mol. The molecule has 1 atom stereocenters. The SMILES string of the molecule is O=C(NCCCn1ncc2ccccc21)C1CCn2nccc2C1. The van der Waals surface area contributed by atoms with Gasteiger partial charge in [0.1, 0.15) is 0 Å². The van der Waals surface area contributed by atoms with Gasteiger partial charge in [-0.1, -0.05) is 18.2 Å². The highest BCUT2D eigenvalue weighted by Gasteiger charge is 2.24. The molecular formula is C18H21N5O. The topological polar surface area (TPSA) is 64.7 Å². The molecule has 0 saturated carbocycles. The van der Waals surface area contributed by atoms with Crippen LogP contribution in [0.25, 0.3) is 10.9 Å². The fourth-order valence-electron chi connectivity index (χ4n) is 3.38. The Balaban J connectivity index is 1.26. The summed E-state index contributed by atoms with van der Waals surface area (Å²) in [5.41, 5.74) is 2.30. The highest BCUT2D eigenvalue weighted by atomic mass is 16.1. The summed E-state index contributed by atoms with van der Waals surface area (Å²) in [5.74, 6) is 0.229. The average Bonchev–Trinajstić information content (AvgIpc) is 3.24. The van der Waals surface area contributed by atoms with Crippen molar-refractivity contribution in [1.82, 2.24) is 24.9 Å². The fourth-order valence-corrected chi connectivity index (χ4v) is 3.38. The molecule has 0 saturated heterocycles. The molecule has 6 heteroatoms. The number of benzene rings is 1. The Morgan fingerprint density at radius 3 is 3.12 bits per heavy atom. The maximum Gasteiger partial charge on any atom is 0.223 e. The van der Waals surface area contributed by atoms with Crippen molar-refractivity contribution in [3.8, 4) is 0 Å². The second-order valence-corrected chi connectivity index (χ2v) is 6.31. The van der Waals surface area contributed by atoms with Crippen LogP contribution in [0.4, 0.5) is 0 Å². The van der Waals surface area contributed by atoms with Gasteiger partial charge in [0.05, 0.1) is 11.7 Å². The Bertz CT molecular complexity index is 850. The van der Waals surface area contributed by atoms with Crippen molar-refractivity contribution in [2.24, 2.45) is 5.92 Å². The third-order valence-electron chi connectivity index (χ3n) is 4.72. The van der Waals surface area contributed by atoms with Gasteiger partial charge in [-0.25, -0.2) is 0 Å². The van der Waals surface area contributed by atoms with Crippen LogP contribution in [0.1, 0.15) is 18.5 Å². The summed E-state index contributed by atoms with van der Waals surface area (Å²) in [7, 11) is 0. The molecule has 2 aromatic heterocycles. The number of para-hydroxylation sites is 1. The van der Waals surface area contributed by atoms with Gasteiger partial charge >= 0.3 is 0 Å². The van der Waals surface area contributed by atoms with Crippen molar-refractivity contribution < 1.29 is 4.79 Å². The molecule has 1 unspecified atom stereocenters. The average molecular weight is 323 g/mol. The monoisotopic (exact) mass is 323 g/mol. The number of hydrogen-bond acceptors (Lipinski definition) is 3. The molecule has 1 aromatic carbocycles. The van der Waals surface area contributed by atoms with Crippen molar-refractivity contribution in [2.45, 2.75) is 32.4 Å². The Kier molecular flexibility index (Phi) is 4.02. The number of rotatable bonds is 5. The van der Waals surface area contributed by atoms with Gasteiger partial charge in [0.15, 0.2) is 0 Å². The lowest BCUT2D eigenvalue weighted by Crippen LogP contribution is -2.36. The van der Waals surface area contributed by atoms with E-state index in [2.05, 4.69) is 27.6 Å². The van der Waals surface area contributed by atoms with E-state index in [0.29, 0.717) is 6.54 Å². The summed E-state index contributed by atoms with van der Waals surface area (Å²) in [6.45, 7) is 2.33. The van der Waals surface area contributed by atoms with Crippen LogP contribution < -0.4 is 5.32 Å². The number of carbonyl (C=O) groups excluding carboxylic acids is 1. The van der Waals surface area contributed by atoms with Crippen LogP contribution in [0.15, 0.2) is 42.7 Å². The summed E-state index contributed by atoms with van der Waals surface area (Å²) in [5, 5.41) is 12.9. The summed E-state index contributed by atoms with van der Waals surface area (Å²) >= 11 is 0. The van der Waals surface area contributed by atoms with Crippen LogP contribution in [0.3, 0.4) is 0 Å². The van der Waals surface area contributed by atoms with Gasteiger partial charge in [0.2, 0.25) is 5.91 Å². The zero-order valence-corrected chi connectivity index (χ0v) is 13.6. The lowest BCUT2D eigenvalue weighted by Gasteiger charge is -2.22. The van der Waals surface area contributed by atoms with E-state index in [9.17, 15) is 4.79 Å². The fraction of sp³-hybridized carbons (Fsp3) is 0.389. The first-order valence-corrected chi connectivity index (χ1v) is 8.50. The van der Waals surface area contributed by atoms with Crippen LogP contribution in [-0.2, 0) is 24.3 Å². The Morgan fingerprint density at radius 2 is 2.17 bits per heavy atom. The normalized spacial score (nSPS) is 16.9. The van der Waals surface area contributed by atoms with Gasteiger partial charge in [-0.2, -0.15) is 10.2 Å². The maximum atomic E-state index is 12.3. The highest BCUT2D eigenvalue weighted by Crippen LogP contribution is 2.19. The van der Waals surface area contributed by atoms with Crippen molar-refractivity contribution in [3.63, 3.8) is 0 Å². The molecular weight excluding hydrogens is 302 g/mol. The van der Waals surface area contributed by atoms with Gasteiger partial charge in [0, 0.05) is 49.2 Å².